The van der Waals surface area contributed by atoms with Crippen molar-refractivity contribution in [3.8, 4) is 0 Å². The summed E-state index contributed by atoms with van der Waals surface area (Å²) < 4.78 is 14.2. The summed E-state index contributed by atoms with van der Waals surface area (Å²) >= 11 is 6.35. The summed E-state index contributed by atoms with van der Waals surface area (Å²) in [5.41, 5.74) is 3.14. The van der Waals surface area contributed by atoms with Crippen molar-refractivity contribution in [1.82, 2.24) is 20.2 Å². The first-order chi connectivity index (χ1) is 15.0. The molecule has 0 saturated heterocycles. The Hall–Kier alpha value is -2.34. The second-order valence-corrected chi connectivity index (χ2v) is 9.71. The number of hydrogen-bond acceptors (Lipinski definition) is 5. The van der Waals surface area contributed by atoms with E-state index in [0.29, 0.717) is 17.7 Å². The quantitative estimate of drug-likeness (QED) is 0.681. The number of nitrogens with one attached hydrogen (secondary N) is 1. The van der Waals surface area contributed by atoms with Gasteiger partial charge in [-0.15, -0.1) is 0 Å². The molecule has 31 heavy (non-hydrogen) atoms. The summed E-state index contributed by atoms with van der Waals surface area (Å²) in [6.07, 6.45) is 13.5. The fourth-order valence-corrected chi connectivity index (χ4v) is 5.67. The third-order valence-corrected chi connectivity index (χ3v) is 7.24. The number of fused-ring (bicyclic) bond motifs is 1. The first-order valence-electron chi connectivity index (χ1n) is 11.3. The van der Waals surface area contributed by atoms with Gasteiger partial charge in [0.15, 0.2) is 0 Å². The zero-order valence-corrected chi connectivity index (χ0v) is 18.8. The molecule has 2 aliphatic carbocycles. The lowest BCUT2D eigenvalue weighted by molar-refractivity contribution is 0.168. The molecule has 1 atom stereocenters. The molecule has 0 radical (unpaired) electrons. The van der Waals surface area contributed by atoms with E-state index in [9.17, 15) is 4.39 Å². The van der Waals surface area contributed by atoms with E-state index in [4.69, 9.17) is 16.7 Å². The predicted molar refractivity (Wildman–Crippen MR) is 121 cm³/mol. The number of rotatable bonds is 3. The second kappa shape index (κ2) is 8.30. The van der Waals surface area contributed by atoms with Gasteiger partial charge in [-0.3, -0.25) is 4.98 Å². The Bertz CT molecular complexity index is 974. The topological polar surface area (TPSA) is 43.8 Å². The summed E-state index contributed by atoms with van der Waals surface area (Å²) in [4.78, 5) is 6.63. The van der Waals surface area contributed by atoms with Crippen LogP contribution in [0.15, 0.2) is 57.8 Å². The minimum Gasteiger partial charge on any atom is -0.358 e. The molecule has 5 nitrogen and oxygen atoms in total. The van der Waals surface area contributed by atoms with E-state index < -0.39 is 0 Å². The number of pyridine rings is 1. The van der Waals surface area contributed by atoms with Crippen LogP contribution in [0, 0.1) is 11.7 Å². The van der Waals surface area contributed by atoms with Gasteiger partial charge < -0.3 is 10.2 Å². The highest BCUT2D eigenvalue weighted by Crippen LogP contribution is 2.41. The summed E-state index contributed by atoms with van der Waals surface area (Å²) in [5, 5.41) is 11.4. The Morgan fingerprint density at radius 2 is 2.00 bits per heavy atom. The average Bonchev–Trinajstić information content (AvgIpc) is 3.10. The summed E-state index contributed by atoms with van der Waals surface area (Å²) in [5.74, 6) is 1.53. The molecule has 0 amide bonds. The lowest BCUT2D eigenvalue weighted by Gasteiger charge is -2.37. The van der Waals surface area contributed by atoms with Gasteiger partial charge in [0.2, 0.25) is 0 Å². The molecule has 164 valence electrons. The monoisotopic (exact) mass is 441 g/mol. The molecule has 1 aromatic rings. The van der Waals surface area contributed by atoms with Crippen molar-refractivity contribution in [3.63, 3.8) is 0 Å². The average molecular weight is 442 g/mol. The van der Waals surface area contributed by atoms with Crippen LogP contribution in [-0.2, 0) is 0 Å². The van der Waals surface area contributed by atoms with Crippen molar-refractivity contribution in [3.05, 3.63) is 64.2 Å². The lowest BCUT2D eigenvalue weighted by atomic mass is 9.83. The molecule has 1 fully saturated rings. The maximum absolute atomic E-state index is 14.2. The largest absolute Gasteiger partial charge is 0.358 e. The Labute approximate surface area is 188 Å². The molecular formula is C24H29ClFN5. The maximum atomic E-state index is 14.2. The maximum Gasteiger partial charge on any atom is 0.147 e. The van der Waals surface area contributed by atoms with Gasteiger partial charge in [-0.25, -0.2) is 9.40 Å². The molecule has 5 rings (SSSR count). The van der Waals surface area contributed by atoms with E-state index in [1.165, 1.54) is 11.6 Å². The molecule has 1 aromatic heterocycles. The Morgan fingerprint density at radius 3 is 2.74 bits per heavy atom. The standard InChI is InChI=1S/C24H29ClFN5/c1-15(2)24-19-10-7-17(25)12-21(19)28-13-22-30(24)14-29-31(22)18-8-5-16(6-9-18)23-20(26)4-3-11-27-23/h3-4,11-16,18,24,28H,5-10H2,1-2H3. The van der Waals surface area contributed by atoms with Gasteiger partial charge in [0.25, 0.3) is 0 Å². The molecule has 0 bridgehead atoms. The summed E-state index contributed by atoms with van der Waals surface area (Å²) in [6, 6.07) is 3.73. The van der Waals surface area contributed by atoms with E-state index in [2.05, 4.69) is 46.3 Å². The minimum absolute atomic E-state index is 0.185. The molecule has 1 unspecified atom stereocenters. The molecular weight excluding hydrogens is 413 g/mol. The van der Waals surface area contributed by atoms with Crippen LogP contribution in [0.1, 0.15) is 64.0 Å². The van der Waals surface area contributed by atoms with Crippen LogP contribution in [0.2, 0.25) is 0 Å². The molecule has 4 aliphatic rings. The summed E-state index contributed by atoms with van der Waals surface area (Å²) in [6.45, 7) is 4.53. The number of nitrogens with zero attached hydrogens (tertiary/aromatic N) is 4. The van der Waals surface area contributed by atoms with Crippen molar-refractivity contribution in [2.24, 2.45) is 11.0 Å². The number of hydrazone groups is 1. The minimum atomic E-state index is -0.185. The number of aromatic nitrogens is 1. The highest BCUT2D eigenvalue weighted by atomic mass is 35.5. The van der Waals surface area contributed by atoms with E-state index in [0.717, 1.165) is 55.1 Å². The second-order valence-electron chi connectivity index (χ2n) is 9.22. The van der Waals surface area contributed by atoms with Gasteiger partial charge in [0.05, 0.1) is 17.8 Å². The molecule has 7 heteroatoms. The predicted octanol–water partition coefficient (Wildman–Crippen LogP) is 5.41. The van der Waals surface area contributed by atoms with Gasteiger partial charge in [0, 0.05) is 29.0 Å². The molecule has 0 aromatic carbocycles. The fourth-order valence-electron chi connectivity index (χ4n) is 5.46. The Morgan fingerprint density at radius 1 is 1.19 bits per heavy atom. The molecule has 1 N–H and O–H groups in total. The fraction of sp³-hybridized carbons (Fsp3) is 0.500. The van der Waals surface area contributed by atoms with Gasteiger partial charge >= 0.3 is 0 Å². The van der Waals surface area contributed by atoms with E-state index >= 15 is 0 Å². The van der Waals surface area contributed by atoms with Crippen LogP contribution in [-0.4, -0.2) is 33.3 Å². The first-order valence-corrected chi connectivity index (χ1v) is 11.7. The van der Waals surface area contributed by atoms with Gasteiger partial charge in [-0.05, 0) is 68.2 Å². The van der Waals surface area contributed by atoms with Crippen LogP contribution in [0.3, 0.4) is 0 Å². The smallest absolute Gasteiger partial charge is 0.147 e. The Kier molecular flexibility index (Phi) is 5.51. The molecule has 3 heterocycles. The molecule has 2 aliphatic heterocycles. The van der Waals surface area contributed by atoms with Crippen molar-refractivity contribution in [1.29, 1.82) is 0 Å². The third kappa shape index (κ3) is 3.75. The SMILES string of the molecule is CC(C)C1C2=C(C=C(Cl)CC2)NC=C2N1C=NN2C1CCC(c2ncccc2F)CC1. The Balaban J connectivity index is 1.35. The van der Waals surface area contributed by atoms with Crippen molar-refractivity contribution < 1.29 is 4.39 Å². The van der Waals surface area contributed by atoms with Crippen LogP contribution < -0.4 is 5.32 Å². The zero-order valence-electron chi connectivity index (χ0n) is 18.1. The van der Waals surface area contributed by atoms with Crippen molar-refractivity contribution in [2.45, 2.75) is 70.4 Å². The van der Waals surface area contributed by atoms with Crippen LogP contribution in [0.5, 0.6) is 0 Å². The third-order valence-electron chi connectivity index (χ3n) is 6.94. The summed E-state index contributed by atoms with van der Waals surface area (Å²) in [7, 11) is 0. The molecule has 1 saturated carbocycles. The van der Waals surface area contributed by atoms with Crippen LogP contribution in [0.4, 0.5) is 4.39 Å². The van der Waals surface area contributed by atoms with Gasteiger partial charge in [0.1, 0.15) is 18.0 Å². The number of halogens is 2. The normalized spacial score (nSPS) is 28.1. The number of allylic oxidation sites excluding steroid dienone is 2. The van der Waals surface area contributed by atoms with Gasteiger partial charge in [-0.2, -0.15) is 5.10 Å². The van der Waals surface area contributed by atoms with Crippen LogP contribution in [0.25, 0.3) is 0 Å². The van der Waals surface area contributed by atoms with E-state index in [1.807, 2.05) is 6.34 Å². The highest BCUT2D eigenvalue weighted by molar-refractivity contribution is 6.29. The van der Waals surface area contributed by atoms with Gasteiger partial charge in [-0.1, -0.05) is 25.4 Å². The van der Waals surface area contributed by atoms with Crippen molar-refractivity contribution >= 4 is 17.9 Å². The first kappa shape index (κ1) is 20.6. The highest BCUT2D eigenvalue weighted by Gasteiger charge is 2.39. The van der Waals surface area contributed by atoms with Crippen LogP contribution >= 0.6 is 11.6 Å². The van der Waals surface area contributed by atoms with E-state index in [-0.39, 0.29) is 17.8 Å². The molecule has 0 spiro atoms. The zero-order chi connectivity index (χ0) is 21.5. The number of hydrogen-bond donors (Lipinski definition) is 1. The van der Waals surface area contributed by atoms with Crippen molar-refractivity contribution in [2.75, 3.05) is 0 Å². The van der Waals surface area contributed by atoms with E-state index in [1.54, 1.807) is 12.3 Å². The lowest BCUT2D eigenvalue weighted by Crippen LogP contribution is -2.41.